The fraction of sp³-hybridized carbons (Fsp3) is 0.158. The van der Waals surface area contributed by atoms with Crippen LogP contribution in [-0.4, -0.2) is 28.0 Å². The molecule has 0 radical (unpaired) electrons. The van der Waals surface area contributed by atoms with Crippen molar-refractivity contribution >= 4 is 23.8 Å². The smallest absolute Gasteiger partial charge is 0.321 e. The van der Waals surface area contributed by atoms with Crippen LogP contribution in [0.3, 0.4) is 0 Å². The summed E-state index contributed by atoms with van der Waals surface area (Å²) in [5.41, 5.74) is 2.01. The Balaban J connectivity index is 0.00000280. The Bertz CT molecular complexity index is 878. The van der Waals surface area contributed by atoms with Gasteiger partial charge in [-0.15, -0.1) is 12.4 Å². The first-order valence-corrected chi connectivity index (χ1v) is 8.43. The molecule has 2 aromatic carbocycles. The number of aromatic nitrogens is 2. The highest BCUT2D eigenvalue weighted by Gasteiger charge is 2.03. The predicted molar refractivity (Wildman–Crippen MR) is 109 cm³/mol. The number of nitro groups is 1. The molecule has 3 aromatic rings. The molecule has 0 amide bonds. The van der Waals surface area contributed by atoms with E-state index in [0.29, 0.717) is 24.8 Å². The zero-order chi connectivity index (χ0) is 18.9. The summed E-state index contributed by atoms with van der Waals surface area (Å²) in [5.74, 6) is 0.685. The van der Waals surface area contributed by atoms with Gasteiger partial charge in [0.05, 0.1) is 4.92 Å². The number of nitrogens with zero attached hydrogens (tertiary/aromatic N) is 3. The predicted octanol–water partition coefficient (Wildman–Crippen LogP) is 3.80. The number of non-ortho nitro benzene ring substituents is 1. The van der Waals surface area contributed by atoms with Crippen LogP contribution < -0.4 is 15.4 Å². The summed E-state index contributed by atoms with van der Waals surface area (Å²) >= 11 is 0. The Hall–Kier alpha value is -3.23. The van der Waals surface area contributed by atoms with Crippen molar-refractivity contribution in [2.24, 2.45) is 0 Å². The highest BCUT2D eigenvalue weighted by molar-refractivity contribution is 5.85. The Morgan fingerprint density at radius 3 is 2.46 bits per heavy atom. The fourth-order valence-corrected chi connectivity index (χ4v) is 2.39. The fourth-order valence-electron chi connectivity index (χ4n) is 2.39. The van der Waals surface area contributed by atoms with Crippen LogP contribution in [0, 0.1) is 10.1 Å². The van der Waals surface area contributed by atoms with Crippen molar-refractivity contribution in [3.05, 3.63) is 82.7 Å². The van der Waals surface area contributed by atoms with E-state index in [2.05, 4.69) is 20.6 Å². The van der Waals surface area contributed by atoms with E-state index >= 15 is 0 Å². The monoisotopic (exact) mass is 401 g/mol. The van der Waals surface area contributed by atoms with Gasteiger partial charge >= 0.3 is 6.01 Å². The lowest BCUT2D eigenvalue weighted by molar-refractivity contribution is -0.384. The van der Waals surface area contributed by atoms with E-state index in [-0.39, 0.29) is 18.1 Å². The molecule has 0 bridgehead atoms. The topological polar surface area (TPSA) is 102 Å². The highest BCUT2D eigenvalue weighted by atomic mass is 35.5. The molecule has 0 saturated carbocycles. The van der Waals surface area contributed by atoms with Gasteiger partial charge < -0.3 is 15.4 Å². The summed E-state index contributed by atoms with van der Waals surface area (Å²) in [4.78, 5) is 18.3. The first kappa shape index (κ1) is 21.1. The zero-order valence-corrected chi connectivity index (χ0v) is 15.8. The van der Waals surface area contributed by atoms with Gasteiger partial charge in [-0.2, -0.15) is 0 Å². The molecule has 0 saturated heterocycles. The minimum atomic E-state index is -0.410. The van der Waals surface area contributed by atoms with Crippen molar-refractivity contribution in [3.63, 3.8) is 0 Å². The number of nitro benzene ring substituents is 1. The number of hydrogen-bond donors (Lipinski definition) is 2. The Morgan fingerprint density at radius 2 is 1.75 bits per heavy atom. The number of nitrogens with one attached hydrogen (secondary N) is 2. The number of benzene rings is 2. The third-order valence-corrected chi connectivity index (χ3v) is 3.69. The van der Waals surface area contributed by atoms with Crippen molar-refractivity contribution in [2.45, 2.75) is 6.54 Å². The van der Waals surface area contributed by atoms with Gasteiger partial charge in [-0.25, -0.2) is 9.97 Å². The van der Waals surface area contributed by atoms with Crippen molar-refractivity contribution in [1.82, 2.24) is 15.3 Å². The molecule has 9 heteroatoms. The minimum Gasteiger partial charge on any atom is -0.424 e. The van der Waals surface area contributed by atoms with Crippen LogP contribution in [0.1, 0.15) is 5.56 Å². The second-order valence-corrected chi connectivity index (χ2v) is 5.69. The van der Waals surface area contributed by atoms with Crippen molar-refractivity contribution in [2.75, 3.05) is 18.4 Å². The van der Waals surface area contributed by atoms with E-state index in [1.807, 2.05) is 24.3 Å². The molecular formula is C19H20ClN5O3. The molecule has 0 aliphatic rings. The molecule has 1 heterocycles. The maximum Gasteiger partial charge on any atom is 0.321 e. The van der Waals surface area contributed by atoms with Crippen LogP contribution in [0.15, 0.2) is 67.0 Å². The molecule has 0 aliphatic heterocycles. The van der Waals surface area contributed by atoms with E-state index in [9.17, 15) is 10.1 Å². The molecule has 146 valence electrons. The number of halogens is 1. The Morgan fingerprint density at radius 1 is 1.00 bits per heavy atom. The van der Waals surface area contributed by atoms with Gasteiger partial charge in [0.1, 0.15) is 5.75 Å². The van der Waals surface area contributed by atoms with E-state index < -0.39 is 4.92 Å². The van der Waals surface area contributed by atoms with Crippen LogP contribution in [0.25, 0.3) is 0 Å². The lowest BCUT2D eigenvalue weighted by Crippen LogP contribution is -2.21. The first-order chi connectivity index (χ1) is 13.2. The van der Waals surface area contributed by atoms with Crippen molar-refractivity contribution in [1.29, 1.82) is 0 Å². The van der Waals surface area contributed by atoms with Crippen molar-refractivity contribution in [3.8, 4) is 11.8 Å². The van der Waals surface area contributed by atoms with Gasteiger partial charge in [-0.1, -0.05) is 12.1 Å². The molecule has 0 spiro atoms. The van der Waals surface area contributed by atoms with Crippen LogP contribution in [0.4, 0.5) is 11.4 Å². The lowest BCUT2D eigenvalue weighted by Gasteiger charge is -2.09. The molecule has 8 nitrogen and oxygen atoms in total. The van der Waals surface area contributed by atoms with Gasteiger partial charge in [0, 0.05) is 49.8 Å². The van der Waals surface area contributed by atoms with E-state index in [1.165, 1.54) is 12.1 Å². The Kier molecular flexibility index (Phi) is 8.13. The molecular weight excluding hydrogens is 382 g/mol. The maximum atomic E-state index is 10.6. The molecule has 0 fully saturated rings. The van der Waals surface area contributed by atoms with Crippen LogP contribution in [0.5, 0.6) is 11.8 Å². The van der Waals surface area contributed by atoms with Crippen LogP contribution in [0.2, 0.25) is 0 Å². The first-order valence-electron chi connectivity index (χ1n) is 8.43. The van der Waals surface area contributed by atoms with E-state index in [0.717, 1.165) is 17.8 Å². The third-order valence-electron chi connectivity index (χ3n) is 3.69. The summed E-state index contributed by atoms with van der Waals surface area (Å²) in [6.07, 6.45) is 3.26. The largest absolute Gasteiger partial charge is 0.424 e. The SMILES string of the molecule is Cl.O=[N+]([O-])c1ccc(NCCNCc2cccc(Oc3ncccn3)c2)cc1. The maximum absolute atomic E-state index is 10.6. The summed E-state index contributed by atoms with van der Waals surface area (Å²) in [6.45, 7) is 2.13. The number of rotatable bonds is 9. The molecule has 0 atom stereocenters. The second kappa shape index (κ2) is 10.8. The minimum absolute atomic E-state index is 0. The van der Waals surface area contributed by atoms with Gasteiger partial charge in [0.15, 0.2) is 0 Å². The average Bonchev–Trinajstić information content (AvgIpc) is 2.69. The van der Waals surface area contributed by atoms with Crippen LogP contribution >= 0.6 is 12.4 Å². The van der Waals surface area contributed by atoms with Gasteiger partial charge in [-0.3, -0.25) is 10.1 Å². The average molecular weight is 402 g/mol. The number of ether oxygens (including phenoxy) is 1. The Labute approximate surface area is 168 Å². The summed E-state index contributed by atoms with van der Waals surface area (Å²) < 4.78 is 5.62. The molecule has 0 unspecified atom stereocenters. The quantitative estimate of drug-likeness (QED) is 0.319. The van der Waals surface area contributed by atoms with Crippen molar-refractivity contribution < 1.29 is 9.66 Å². The van der Waals surface area contributed by atoms with Gasteiger partial charge in [0.2, 0.25) is 0 Å². The highest BCUT2D eigenvalue weighted by Crippen LogP contribution is 2.18. The molecule has 3 rings (SSSR count). The second-order valence-electron chi connectivity index (χ2n) is 5.69. The molecule has 28 heavy (non-hydrogen) atoms. The summed E-state index contributed by atoms with van der Waals surface area (Å²) in [7, 11) is 0. The summed E-state index contributed by atoms with van der Waals surface area (Å²) in [6, 6.07) is 16.1. The standard InChI is InChI=1S/C19H19N5O3.ClH/c25-24(26)17-7-5-16(6-8-17)21-12-11-20-14-15-3-1-4-18(13-15)27-19-22-9-2-10-23-19;/h1-10,13,20-21H,11-12,14H2;1H. The zero-order valence-electron chi connectivity index (χ0n) is 14.9. The molecule has 2 N–H and O–H groups in total. The van der Waals surface area contributed by atoms with Crippen LogP contribution in [-0.2, 0) is 6.54 Å². The van der Waals surface area contributed by atoms with Gasteiger partial charge in [0.25, 0.3) is 5.69 Å². The van der Waals surface area contributed by atoms with E-state index in [1.54, 1.807) is 30.6 Å². The number of anilines is 1. The third kappa shape index (κ3) is 6.49. The number of hydrogen-bond acceptors (Lipinski definition) is 7. The lowest BCUT2D eigenvalue weighted by atomic mass is 10.2. The van der Waals surface area contributed by atoms with E-state index in [4.69, 9.17) is 4.74 Å². The molecule has 0 aliphatic carbocycles. The van der Waals surface area contributed by atoms with Gasteiger partial charge in [-0.05, 0) is 35.9 Å². The summed E-state index contributed by atoms with van der Waals surface area (Å²) in [5, 5.41) is 17.2. The molecule has 1 aromatic heterocycles. The normalized spacial score (nSPS) is 10.0.